The number of methoxy groups -OCH3 is 1. The van der Waals surface area contributed by atoms with Gasteiger partial charge in [-0.05, 0) is 18.4 Å². The zero-order valence-corrected chi connectivity index (χ0v) is 14.7. The maximum absolute atomic E-state index is 12.9. The van der Waals surface area contributed by atoms with Crippen molar-refractivity contribution in [1.82, 2.24) is 10.2 Å². The summed E-state index contributed by atoms with van der Waals surface area (Å²) in [6.07, 6.45) is 3.99. The molecule has 2 rings (SSSR count). The Balaban J connectivity index is 2.13. The average molecular weight is 344 g/mol. The predicted octanol–water partition coefficient (Wildman–Crippen LogP) is 1.41. The van der Waals surface area contributed by atoms with Crippen LogP contribution in [0.25, 0.3) is 0 Å². The number of nitrogens with zero attached hydrogens (tertiary/aromatic N) is 1. The Kier molecular flexibility index (Phi) is 6.33. The van der Waals surface area contributed by atoms with Crippen LogP contribution in [-0.4, -0.2) is 49.4 Å². The molecular weight excluding hydrogens is 320 g/mol. The number of esters is 1. The molecule has 0 aromatic heterocycles. The third kappa shape index (κ3) is 4.47. The summed E-state index contributed by atoms with van der Waals surface area (Å²) in [5, 5.41) is 2.88. The second kappa shape index (κ2) is 8.46. The molecule has 0 spiro atoms. The third-order valence-corrected chi connectivity index (χ3v) is 4.66. The second-order valence-corrected chi connectivity index (χ2v) is 6.09. The molecule has 1 aromatic carbocycles. The molecule has 6 heteroatoms. The van der Waals surface area contributed by atoms with Crippen LogP contribution in [0.15, 0.2) is 42.5 Å². The Morgan fingerprint density at radius 2 is 1.84 bits per heavy atom. The first-order valence-corrected chi connectivity index (χ1v) is 8.33. The molecule has 0 radical (unpaired) electrons. The van der Waals surface area contributed by atoms with E-state index in [9.17, 15) is 14.4 Å². The van der Waals surface area contributed by atoms with Gasteiger partial charge in [-0.15, -0.1) is 0 Å². The van der Waals surface area contributed by atoms with Crippen molar-refractivity contribution in [2.45, 2.75) is 25.2 Å². The van der Waals surface area contributed by atoms with Crippen LogP contribution in [0.2, 0.25) is 0 Å². The van der Waals surface area contributed by atoms with Gasteiger partial charge in [-0.1, -0.05) is 36.4 Å². The lowest BCUT2D eigenvalue weighted by atomic mass is 9.72. The number of ether oxygens (including phenoxy) is 1. The summed E-state index contributed by atoms with van der Waals surface area (Å²) < 4.78 is 4.52. The van der Waals surface area contributed by atoms with E-state index in [2.05, 4.69) is 10.1 Å². The minimum Gasteiger partial charge on any atom is -0.466 e. The van der Waals surface area contributed by atoms with Gasteiger partial charge in [0.05, 0.1) is 12.5 Å². The van der Waals surface area contributed by atoms with Crippen LogP contribution in [0.1, 0.15) is 25.3 Å². The van der Waals surface area contributed by atoms with Gasteiger partial charge in [-0.2, -0.15) is 0 Å². The normalized spacial score (nSPS) is 16.5. The molecule has 1 saturated heterocycles. The van der Waals surface area contributed by atoms with Crippen molar-refractivity contribution in [3.05, 3.63) is 48.0 Å². The molecule has 0 atom stereocenters. The molecule has 1 aliphatic heterocycles. The summed E-state index contributed by atoms with van der Waals surface area (Å²) >= 11 is 0. The molecule has 1 aromatic rings. The van der Waals surface area contributed by atoms with Gasteiger partial charge in [0.15, 0.2) is 0 Å². The summed E-state index contributed by atoms with van der Waals surface area (Å²) in [6.45, 7) is 2.90. The monoisotopic (exact) mass is 344 g/mol. The van der Waals surface area contributed by atoms with Crippen LogP contribution in [0.3, 0.4) is 0 Å². The Hall–Kier alpha value is -2.63. The molecule has 0 aliphatic carbocycles. The van der Waals surface area contributed by atoms with Crippen molar-refractivity contribution in [1.29, 1.82) is 0 Å². The van der Waals surface area contributed by atoms with Crippen LogP contribution < -0.4 is 5.32 Å². The molecule has 1 heterocycles. The molecule has 2 amide bonds. The minimum absolute atomic E-state index is 0.0306. The third-order valence-electron chi connectivity index (χ3n) is 4.66. The van der Waals surface area contributed by atoms with Gasteiger partial charge in [-0.25, -0.2) is 4.79 Å². The highest BCUT2D eigenvalue weighted by atomic mass is 16.5. The average Bonchev–Trinajstić information content (AvgIpc) is 2.65. The van der Waals surface area contributed by atoms with Gasteiger partial charge < -0.3 is 15.0 Å². The van der Waals surface area contributed by atoms with Gasteiger partial charge in [0.25, 0.3) is 0 Å². The molecule has 1 N–H and O–H groups in total. The van der Waals surface area contributed by atoms with E-state index in [1.54, 1.807) is 17.9 Å². The largest absolute Gasteiger partial charge is 0.466 e. The highest BCUT2D eigenvalue weighted by Crippen LogP contribution is 2.35. The van der Waals surface area contributed by atoms with Crippen LogP contribution in [0.4, 0.5) is 0 Å². The SMILES string of the molecule is COC(=O)/C=C/CNC(=O)C1(c2ccccc2)CCN(C(C)=O)CC1. The van der Waals surface area contributed by atoms with E-state index >= 15 is 0 Å². The summed E-state index contributed by atoms with van der Waals surface area (Å²) in [4.78, 5) is 37.4. The number of carbonyl (C=O) groups excluding carboxylic acids is 3. The van der Waals surface area contributed by atoms with Gasteiger partial charge in [0, 0.05) is 32.6 Å². The van der Waals surface area contributed by atoms with E-state index in [-0.39, 0.29) is 18.4 Å². The number of hydrogen-bond acceptors (Lipinski definition) is 4. The molecule has 6 nitrogen and oxygen atoms in total. The van der Waals surface area contributed by atoms with Crippen LogP contribution in [0, 0.1) is 0 Å². The van der Waals surface area contributed by atoms with E-state index in [1.807, 2.05) is 30.3 Å². The number of rotatable bonds is 5. The van der Waals surface area contributed by atoms with E-state index in [1.165, 1.54) is 13.2 Å². The smallest absolute Gasteiger partial charge is 0.330 e. The topological polar surface area (TPSA) is 75.7 Å². The van der Waals surface area contributed by atoms with Crippen molar-refractivity contribution in [2.75, 3.05) is 26.7 Å². The number of nitrogens with one attached hydrogen (secondary N) is 1. The minimum atomic E-state index is -0.660. The molecular formula is C19H24N2O4. The van der Waals surface area contributed by atoms with Crippen LogP contribution in [0.5, 0.6) is 0 Å². The van der Waals surface area contributed by atoms with Crippen molar-refractivity contribution < 1.29 is 19.1 Å². The summed E-state index contributed by atoms with van der Waals surface area (Å²) in [6, 6.07) is 9.65. The van der Waals surface area contributed by atoms with Crippen molar-refractivity contribution >= 4 is 17.8 Å². The maximum Gasteiger partial charge on any atom is 0.330 e. The molecule has 25 heavy (non-hydrogen) atoms. The zero-order valence-electron chi connectivity index (χ0n) is 14.7. The van der Waals surface area contributed by atoms with Crippen LogP contribution >= 0.6 is 0 Å². The fourth-order valence-corrected chi connectivity index (χ4v) is 3.15. The predicted molar refractivity (Wildman–Crippen MR) is 93.8 cm³/mol. The van der Waals surface area contributed by atoms with Crippen molar-refractivity contribution in [3.63, 3.8) is 0 Å². The number of amides is 2. The second-order valence-electron chi connectivity index (χ2n) is 6.09. The number of piperidine rings is 1. The first-order valence-electron chi connectivity index (χ1n) is 8.33. The fraction of sp³-hybridized carbons (Fsp3) is 0.421. The molecule has 0 unspecified atom stereocenters. The summed E-state index contributed by atoms with van der Waals surface area (Å²) in [5.41, 5.74) is 0.291. The van der Waals surface area contributed by atoms with Gasteiger partial charge >= 0.3 is 5.97 Å². The molecule has 0 saturated carbocycles. The quantitative estimate of drug-likeness (QED) is 0.647. The van der Waals surface area contributed by atoms with Gasteiger partial charge in [-0.3, -0.25) is 9.59 Å². The maximum atomic E-state index is 12.9. The first kappa shape index (κ1) is 18.7. The molecule has 1 fully saturated rings. The number of likely N-dealkylation sites (tertiary alicyclic amines) is 1. The Labute approximate surface area is 147 Å². The molecule has 134 valence electrons. The number of benzene rings is 1. The lowest BCUT2D eigenvalue weighted by molar-refractivity contribution is -0.135. The Morgan fingerprint density at radius 1 is 1.20 bits per heavy atom. The fourth-order valence-electron chi connectivity index (χ4n) is 3.15. The van der Waals surface area contributed by atoms with E-state index in [4.69, 9.17) is 0 Å². The highest BCUT2D eigenvalue weighted by molar-refractivity contribution is 5.89. The zero-order chi connectivity index (χ0) is 18.3. The standard InChI is InChI=1S/C19H24N2O4/c1-15(22)21-13-10-19(11-14-21,16-7-4-3-5-8-16)18(24)20-12-6-9-17(23)25-2/h3-9H,10-14H2,1-2H3,(H,20,24)/b9-6+. The van der Waals surface area contributed by atoms with Gasteiger partial charge in [0.2, 0.25) is 11.8 Å². The van der Waals surface area contributed by atoms with Crippen molar-refractivity contribution in [3.8, 4) is 0 Å². The van der Waals surface area contributed by atoms with E-state index in [0.717, 1.165) is 5.56 Å². The molecule has 1 aliphatic rings. The Morgan fingerprint density at radius 3 is 2.40 bits per heavy atom. The Bertz CT molecular complexity index is 647. The lowest BCUT2D eigenvalue weighted by Gasteiger charge is -2.40. The summed E-state index contributed by atoms with van der Waals surface area (Å²) in [7, 11) is 1.30. The first-order chi connectivity index (χ1) is 12.0. The van der Waals surface area contributed by atoms with E-state index in [0.29, 0.717) is 25.9 Å². The highest BCUT2D eigenvalue weighted by Gasteiger charge is 2.42. The molecule has 0 bridgehead atoms. The number of hydrogen-bond donors (Lipinski definition) is 1. The summed E-state index contributed by atoms with van der Waals surface area (Å²) in [5.74, 6) is -0.513. The van der Waals surface area contributed by atoms with Crippen molar-refractivity contribution in [2.24, 2.45) is 0 Å². The number of carbonyl (C=O) groups is 3. The van der Waals surface area contributed by atoms with Gasteiger partial charge in [0.1, 0.15) is 0 Å². The van der Waals surface area contributed by atoms with E-state index < -0.39 is 11.4 Å². The lowest BCUT2D eigenvalue weighted by Crippen LogP contribution is -2.52. The van der Waals surface area contributed by atoms with Crippen LogP contribution in [-0.2, 0) is 24.5 Å².